The van der Waals surface area contributed by atoms with Crippen LogP contribution in [0.2, 0.25) is 0 Å². The number of hydrogen-bond donors (Lipinski definition) is 2. The van der Waals surface area contributed by atoms with Crippen molar-refractivity contribution in [3.8, 4) is 0 Å². The largest absolute Gasteiger partial charge is 0.330 e. The number of hydrogen-bond acceptors (Lipinski definition) is 3. The monoisotopic (exact) mass is 173 g/mol. The van der Waals surface area contributed by atoms with E-state index in [9.17, 15) is 0 Å². The second-order valence-corrected chi connectivity index (χ2v) is 3.29. The van der Waals surface area contributed by atoms with E-state index in [1.807, 2.05) is 0 Å². The summed E-state index contributed by atoms with van der Waals surface area (Å²) in [4.78, 5) is 2.28. The van der Waals surface area contributed by atoms with E-state index in [2.05, 4.69) is 11.9 Å². The molecule has 12 heavy (non-hydrogen) atoms. The van der Waals surface area contributed by atoms with E-state index in [4.69, 9.17) is 11.5 Å². The van der Waals surface area contributed by atoms with Crippen LogP contribution >= 0.6 is 0 Å². The molecule has 0 fully saturated rings. The van der Waals surface area contributed by atoms with Crippen molar-refractivity contribution in [2.24, 2.45) is 11.5 Å². The fourth-order valence-electron chi connectivity index (χ4n) is 1.21. The molecule has 4 N–H and O–H groups in total. The van der Waals surface area contributed by atoms with Gasteiger partial charge in [0.2, 0.25) is 0 Å². The molecule has 0 heterocycles. The van der Waals surface area contributed by atoms with Gasteiger partial charge in [-0.2, -0.15) is 0 Å². The molecule has 0 aromatic rings. The average Bonchev–Trinajstić information content (AvgIpc) is 2.05. The summed E-state index contributed by atoms with van der Waals surface area (Å²) in [6.45, 7) is 3.77. The third kappa shape index (κ3) is 7.98. The molecule has 0 unspecified atom stereocenters. The Bertz CT molecular complexity index is 85.8. The quantitative estimate of drug-likeness (QED) is 0.522. The summed E-state index contributed by atoms with van der Waals surface area (Å²) in [5, 5.41) is 0. The Hall–Kier alpha value is -0.120. The third-order valence-electron chi connectivity index (χ3n) is 2.00. The van der Waals surface area contributed by atoms with Crippen molar-refractivity contribution >= 4 is 0 Å². The highest BCUT2D eigenvalue weighted by molar-refractivity contribution is 4.52. The lowest BCUT2D eigenvalue weighted by atomic mass is 10.2. The summed E-state index contributed by atoms with van der Waals surface area (Å²) in [6, 6.07) is 0. The van der Waals surface area contributed by atoms with E-state index in [1.54, 1.807) is 0 Å². The van der Waals surface area contributed by atoms with Crippen LogP contribution in [0.3, 0.4) is 0 Å². The summed E-state index contributed by atoms with van der Waals surface area (Å²) >= 11 is 0. The Morgan fingerprint density at radius 1 is 0.833 bits per heavy atom. The predicted octanol–water partition coefficient (Wildman–Crippen LogP) is 0.396. The van der Waals surface area contributed by atoms with Gasteiger partial charge in [-0.1, -0.05) is 12.8 Å². The van der Waals surface area contributed by atoms with Crippen molar-refractivity contribution in [3.05, 3.63) is 0 Å². The van der Waals surface area contributed by atoms with Crippen molar-refractivity contribution in [3.63, 3.8) is 0 Å². The molecular formula is C9H23N3. The predicted molar refractivity (Wildman–Crippen MR) is 54.1 cm³/mol. The van der Waals surface area contributed by atoms with Crippen molar-refractivity contribution < 1.29 is 0 Å². The summed E-state index contributed by atoms with van der Waals surface area (Å²) in [6.07, 6.45) is 5.01. The highest BCUT2D eigenvalue weighted by Gasteiger charge is 1.95. The topological polar surface area (TPSA) is 55.3 Å². The minimum absolute atomic E-state index is 0.763. The zero-order valence-corrected chi connectivity index (χ0v) is 8.26. The fourth-order valence-corrected chi connectivity index (χ4v) is 1.21. The van der Waals surface area contributed by atoms with E-state index in [0.717, 1.165) is 19.6 Å². The van der Waals surface area contributed by atoms with Gasteiger partial charge >= 0.3 is 0 Å². The molecule has 74 valence electrons. The van der Waals surface area contributed by atoms with Crippen molar-refractivity contribution in [1.29, 1.82) is 0 Å². The first kappa shape index (κ1) is 11.9. The van der Waals surface area contributed by atoms with E-state index < -0.39 is 0 Å². The van der Waals surface area contributed by atoms with Crippen molar-refractivity contribution in [2.75, 3.05) is 33.2 Å². The first-order valence-corrected chi connectivity index (χ1v) is 4.90. The molecule has 0 spiro atoms. The van der Waals surface area contributed by atoms with Gasteiger partial charge in [0.1, 0.15) is 0 Å². The molecule has 0 saturated carbocycles. The maximum absolute atomic E-state index is 5.42. The lowest BCUT2D eigenvalue weighted by molar-refractivity contribution is 0.332. The lowest BCUT2D eigenvalue weighted by Crippen LogP contribution is -2.26. The molecule has 0 aliphatic rings. The molecule has 0 aliphatic heterocycles. The first-order chi connectivity index (χ1) is 5.81. The maximum Gasteiger partial charge on any atom is 0.0102 e. The van der Waals surface area contributed by atoms with Gasteiger partial charge in [0.25, 0.3) is 0 Å². The van der Waals surface area contributed by atoms with Crippen LogP contribution in [0.4, 0.5) is 0 Å². The van der Waals surface area contributed by atoms with Gasteiger partial charge < -0.3 is 16.4 Å². The molecule has 3 nitrogen and oxygen atoms in total. The van der Waals surface area contributed by atoms with Gasteiger partial charge in [-0.15, -0.1) is 0 Å². The Balaban J connectivity index is 2.97. The molecule has 3 heteroatoms. The molecular weight excluding hydrogens is 150 g/mol. The van der Waals surface area contributed by atoms with Crippen LogP contribution in [-0.2, 0) is 0 Å². The van der Waals surface area contributed by atoms with Crippen LogP contribution in [0.1, 0.15) is 25.7 Å². The normalized spacial score (nSPS) is 11.0. The average molecular weight is 173 g/mol. The highest BCUT2D eigenvalue weighted by atomic mass is 15.1. The van der Waals surface area contributed by atoms with Crippen LogP contribution in [0.5, 0.6) is 0 Å². The van der Waals surface area contributed by atoms with E-state index >= 15 is 0 Å². The Morgan fingerprint density at radius 3 is 2.08 bits per heavy atom. The third-order valence-corrected chi connectivity index (χ3v) is 2.00. The smallest absolute Gasteiger partial charge is 0.0102 e. The number of nitrogens with two attached hydrogens (primary N) is 2. The standard InChI is InChI=1S/C9H23N3/c1-12(9-7-11)8-5-3-2-4-6-10/h2-11H2,1H3. The maximum atomic E-state index is 5.42. The van der Waals surface area contributed by atoms with Crippen LogP contribution in [0.25, 0.3) is 0 Å². The number of rotatable bonds is 8. The summed E-state index contributed by atoms with van der Waals surface area (Å²) in [5.41, 5.74) is 10.8. The van der Waals surface area contributed by atoms with Crippen LogP contribution < -0.4 is 11.5 Å². The second-order valence-electron chi connectivity index (χ2n) is 3.29. The molecule has 0 rings (SSSR count). The first-order valence-electron chi connectivity index (χ1n) is 4.90. The number of unbranched alkanes of at least 4 members (excludes halogenated alkanes) is 3. The zero-order valence-electron chi connectivity index (χ0n) is 8.26. The number of likely N-dealkylation sites (N-methyl/N-ethyl adjacent to an activating group) is 1. The minimum atomic E-state index is 0.763. The zero-order chi connectivity index (χ0) is 9.23. The van der Waals surface area contributed by atoms with Gasteiger partial charge in [-0.05, 0) is 33.0 Å². The molecule has 0 bridgehead atoms. The van der Waals surface area contributed by atoms with Crippen LogP contribution in [-0.4, -0.2) is 38.1 Å². The molecule has 0 aromatic carbocycles. The Morgan fingerprint density at radius 2 is 1.50 bits per heavy atom. The fraction of sp³-hybridized carbons (Fsp3) is 1.00. The van der Waals surface area contributed by atoms with E-state index in [0.29, 0.717) is 0 Å². The summed E-state index contributed by atoms with van der Waals surface area (Å²) in [7, 11) is 2.12. The van der Waals surface area contributed by atoms with Gasteiger partial charge in [-0.3, -0.25) is 0 Å². The summed E-state index contributed by atoms with van der Waals surface area (Å²) < 4.78 is 0. The SMILES string of the molecule is CN(CCN)CCCCCCN. The van der Waals surface area contributed by atoms with Gasteiger partial charge in [0.05, 0.1) is 0 Å². The highest BCUT2D eigenvalue weighted by Crippen LogP contribution is 1.99. The van der Waals surface area contributed by atoms with Gasteiger partial charge in [0.15, 0.2) is 0 Å². The second kappa shape index (κ2) is 8.97. The number of nitrogens with zero attached hydrogens (tertiary/aromatic N) is 1. The molecule has 0 aliphatic carbocycles. The van der Waals surface area contributed by atoms with Crippen LogP contribution in [0, 0.1) is 0 Å². The van der Waals surface area contributed by atoms with Crippen LogP contribution in [0.15, 0.2) is 0 Å². The lowest BCUT2D eigenvalue weighted by Gasteiger charge is -2.14. The molecule has 0 saturated heterocycles. The van der Waals surface area contributed by atoms with Crippen molar-refractivity contribution in [2.45, 2.75) is 25.7 Å². The minimum Gasteiger partial charge on any atom is -0.330 e. The molecule has 0 atom stereocenters. The molecule has 0 amide bonds. The van der Waals surface area contributed by atoms with Gasteiger partial charge in [0, 0.05) is 13.1 Å². The van der Waals surface area contributed by atoms with E-state index in [-0.39, 0.29) is 0 Å². The Kier molecular flexibility index (Phi) is 8.88. The molecule has 0 radical (unpaired) electrons. The van der Waals surface area contributed by atoms with E-state index in [1.165, 1.54) is 32.2 Å². The van der Waals surface area contributed by atoms with Gasteiger partial charge in [-0.25, -0.2) is 0 Å². The van der Waals surface area contributed by atoms with Crippen molar-refractivity contribution in [1.82, 2.24) is 4.90 Å². The molecule has 0 aromatic heterocycles. The Labute approximate surface area is 76.1 Å². The summed E-state index contributed by atoms with van der Waals surface area (Å²) in [5.74, 6) is 0.